The molecule has 0 aliphatic carbocycles. The van der Waals surface area contributed by atoms with Crippen LogP contribution in [-0.4, -0.2) is 24.1 Å². The maximum atomic E-state index is 12.2. The molecule has 0 saturated carbocycles. The number of methoxy groups -OCH3 is 1. The third-order valence-corrected chi connectivity index (χ3v) is 4.05. The van der Waals surface area contributed by atoms with E-state index in [9.17, 15) is 9.59 Å². The molecule has 1 amide bonds. The maximum absolute atomic E-state index is 12.2. The first-order valence-corrected chi connectivity index (χ1v) is 7.65. The Balaban J connectivity index is 1.99. The molecule has 0 unspecified atom stereocenters. The fourth-order valence-electron chi connectivity index (χ4n) is 2.00. The van der Waals surface area contributed by atoms with Gasteiger partial charge in [-0.25, -0.2) is 0 Å². The van der Waals surface area contributed by atoms with Crippen LogP contribution >= 0.6 is 11.3 Å². The van der Waals surface area contributed by atoms with Gasteiger partial charge in [-0.05, 0) is 35.6 Å². The van der Waals surface area contributed by atoms with Gasteiger partial charge in [0.05, 0.1) is 11.5 Å². The lowest BCUT2D eigenvalue weighted by Crippen LogP contribution is -2.12. The normalized spacial score (nSPS) is 10.4. The minimum absolute atomic E-state index is 0.0985. The summed E-state index contributed by atoms with van der Waals surface area (Å²) in [4.78, 5) is 23.4. The van der Waals surface area contributed by atoms with Gasteiger partial charge in [-0.2, -0.15) is 0 Å². The summed E-state index contributed by atoms with van der Waals surface area (Å²) in [5, 5.41) is 13.4. The summed E-state index contributed by atoms with van der Waals surface area (Å²) >= 11 is 1.37. The molecule has 2 N–H and O–H groups in total. The van der Waals surface area contributed by atoms with E-state index in [4.69, 9.17) is 9.84 Å². The Morgan fingerprint density at radius 1 is 1.23 bits per heavy atom. The Morgan fingerprint density at radius 2 is 1.95 bits per heavy atom. The topological polar surface area (TPSA) is 75.6 Å². The van der Waals surface area contributed by atoms with E-state index in [1.54, 1.807) is 19.2 Å². The molecular formula is C16H17NO4S. The summed E-state index contributed by atoms with van der Waals surface area (Å²) in [6.45, 7) is 0.403. The highest BCUT2D eigenvalue weighted by molar-refractivity contribution is 7.12. The molecule has 0 radical (unpaired) electrons. The number of rotatable bonds is 7. The van der Waals surface area contributed by atoms with E-state index >= 15 is 0 Å². The van der Waals surface area contributed by atoms with Gasteiger partial charge in [0.25, 0.3) is 5.91 Å². The van der Waals surface area contributed by atoms with Crippen LogP contribution in [0.2, 0.25) is 0 Å². The van der Waals surface area contributed by atoms with E-state index in [1.165, 1.54) is 11.3 Å². The van der Waals surface area contributed by atoms with Gasteiger partial charge in [-0.1, -0.05) is 12.1 Å². The van der Waals surface area contributed by atoms with Gasteiger partial charge in [0, 0.05) is 24.8 Å². The molecule has 1 aromatic carbocycles. The number of carbonyl (C=O) groups is 2. The van der Waals surface area contributed by atoms with Crippen LogP contribution in [0.5, 0.6) is 0 Å². The third kappa shape index (κ3) is 4.41. The second kappa shape index (κ2) is 7.72. The summed E-state index contributed by atoms with van der Waals surface area (Å²) in [6, 6.07) is 9.07. The van der Waals surface area contributed by atoms with Crippen molar-refractivity contribution >= 4 is 28.9 Å². The molecule has 6 heteroatoms. The molecular weight excluding hydrogens is 302 g/mol. The zero-order chi connectivity index (χ0) is 15.9. The van der Waals surface area contributed by atoms with E-state index in [0.717, 1.165) is 11.1 Å². The van der Waals surface area contributed by atoms with Crippen molar-refractivity contribution in [2.24, 2.45) is 0 Å². The van der Waals surface area contributed by atoms with Gasteiger partial charge in [-0.15, -0.1) is 11.3 Å². The molecule has 2 rings (SSSR count). The molecule has 5 nitrogen and oxygen atoms in total. The number of anilines is 1. The first kappa shape index (κ1) is 16.2. The number of thiophene rings is 1. The van der Waals surface area contributed by atoms with Crippen molar-refractivity contribution in [1.82, 2.24) is 0 Å². The van der Waals surface area contributed by atoms with Crippen molar-refractivity contribution in [3.63, 3.8) is 0 Å². The number of aliphatic carboxylic acids is 1. The molecule has 0 atom stereocenters. The highest BCUT2D eigenvalue weighted by Gasteiger charge is 2.13. The van der Waals surface area contributed by atoms with Crippen molar-refractivity contribution in [2.75, 3.05) is 12.4 Å². The van der Waals surface area contributed by atoms with Crippen LogP contribution in [0.25, 0.3) is 0 Å². The Hall–Kier alpha value is -2.18. The number of nitrogens with one attached hydrogen (secondary N) is 1. The predicted molar refractivity (Wildman–Crippen MR) is 85.4 cm³/mol. The SMILES string of the molecule is COCc1ccsc1C(=O)Nc1ccc(CCC(=O)O)cc1. The fraction of sp³-hybridized carbons (Fsp3) is 0.250. The highest BCUT2D eigenvalue weighted by Crippen LogP contribution is 2.20. The van der Waals surface area contributed by atoms with Gasteiger partial charge >= 0.3 is 5.97 Å². The highest BCUT2D eigenvalue weighted by atomic mass is 32.1. The van der Waals surface area contributed by atoms with Gasteiger partial charge < -0.3 is 15.2 Å². The van der Waals surface area contributed by atoms with E-state index in [1.807, 2.05) is 23.6 Å². The molecule has 0 spiro atoms. The van der Waals surface area contributed by atoms with Crippen LogP contribution in [0.3, 0.4) is 0 Å². The molecule has 1 aromatic heterocycles. The molecule has 1 heterocycles. The third-order valence-electron chi connectivity index (χ3n) is 3.09. The van der Waals surface area contributed by atoms with Crippen LogP contribution in [0, 0.1) is 0 Å². The fourth-order valence-corrected chi connectivity index (χ4v) is 2.80. The van der Waals surface area contributed by atoms with E-state index in [0.29, 0.717) is 23.6 Å². The van der Waals surface area contributed by atoms with Crippen LogP contribution in [0.4, 0.5) is 5.69 Å². The van der Waals surface area contributed by atoms with Gasteiger partial charge in [0.1, 0.15) is 0 Å². The average Bonchev–Trinajstić information content (AvgIpc) is 2.95. The van der Waals surface area contributed by atoms with E-state index in [2.05, 4.69) is 5.32 Å². The number of carboxylic acids is 1. The quantitative estimate of drug-likeness (QED) is 0.822. The number of carbonyl (C=O) groups excluding carboxylic acids is 1. The first-order chi connectivity index (χ1) is 10.6. The average molecular weight is 319 g/mol. The molecule has 0 saturated heterocycles. The van der Waals surface area contributed by atoms with Gasteiger partial charge in [0.15, 0.2) is 0 Å². The van der Waals surface area contributed by atoms with Crippen LogP contribution in [0.1, 0.15) is 27.2 Å². The lowest BCUT2D eigenvalue weighted by molar-refractivity contribution is -0.136. The summed E-state index contributed by atoms with van der Waals surface area (Å²) < 4.78 is 5.07. The predicted octanol–water partition coefficient (Wildman–Crippen LogP) is 3.16. The van der Waals surface area contributed by atoms with E-state index < -0.39 is 5.97 Å². The number of benzene rings is 1. The molecule has 0 aliphatic heterocycles. The largest absolute Gasteiger partial charge is 0.481 e. The molecule has 116 valence electrons. The van der Waals surface area contributed by atoms with Gasteiger partial charge in [0.2, 0.25) is 0 Å². The second-order valence-electron chi connectivity index (χ2n) is 4.75. The number of aryl methyl sites for hydroxylation is 1. The molecule has 22 heavy (non-hydrogen) atoms. The van der Waals surface area contributed by atoms with Gasteiger partial charge in [-0.3, -0.25) is 9.59 Å². The number of hydrogen-bond acceptors (Lipinski definition) is 4. The zero-order valence-corrected chi connectivity index (χ0v) is 13.0. The van der Waals surface area contributed by atoms with Crippen LogP contribution < -0.4 is 5.32 Å². The lowest BCUT2D eigenvalue weighted by Gasteiger charge is -2.07. The summed E-state index contributed by atoms with van der Waals surface area (Å²) in [6.07, 6.45) is 0.577. The molecule has 0 fully saturated rings. The Kier molecular flexibility index (Phi) is 5.68. The van der Waals surface area contributed by atoms with Crippen molar-refractivity contribution < 1.29 is 19.4 Å². The smallest absolute Gasteiger partial charge is 0.303 e. The van der Waals surface area contributed by atoms with Crippen molar-refractivity contribution in [1.29, 1.82) is 0 Å². The standard InChI is InChI=1S/C16H17NO4S/c1-21-10-12-8-9-22-15(12)16(20)17-13-5-2-11(3-6-13)4-7-14(18)19/h2-3,5-6,8-9H,4,7,10H2,1H3,(H,17,20)(H,18,19). The zero-order valence-electron chi connectivity index (χ0n) is 12.2. The Morgan fingerprint density at radius 3 is 2.59 bits per heavy atom. The maximum Gasteiger partial charge on any atom is 0.303 e. The summed E-state index contributed by atoms with van der Waals surface area (Å²) in [7, 11) is 1.59. The molecule has 2 aromatic rings. The van der Waals surface area contributed by atoms with E-state index in [-0.39, 0.29) is 12.3 Å². The number of ether oxygens (including phenoxy) is 1. The summed E-state index contributed by atoms with van der Waals surface area (Å²) in [5.74, 6) is -0.985. The van der Waals surface area contributed by atoms with Crippen molar-refractivity contribution in [3.05, 3.63) is 51.7 Å². The second-order valence-corrected chi connectivity index (χ2v) is 5.67. The minimum atomic E-state index is -0.819. The minimum Gasteiger partial charge on any atom is -0.481 e. The number of amides is 1. The number of carboxylic acid groups (broad SMARTS) is 1. The van der Waals surface area contributed by atoms with Crippen molar-refractivity contribution in [2.45, 2.75) is 19.4 Å². The summed E-state index contributed by atoms with van der Waals surface area (Å²) in [5.41, 5.74) is 2.47. The number of hydrogen-bond donors (Lipinski definition) is 2. The Bertz CT molecular complexity index is 648. The molecule has 0 aliphatic rings. The monoisotopic (exact) mass is 319 g/mol. The Labute approximate surface area is 132 Å². The first-order valence-electron chi connectivity index (χ1n) is 6.77. The lowest BCUT2D eigenvalue weighted by atomic mass is 10.1. The van der Waals surface area contributed by atoms with Crippen molar-refractivity contribution in [3.8, 4) is 0 Å². The van der Waals surface area contributed by atoms with Crippen LogP contribution in [-0.2, 0) is 22.6 Å². The van der Waals surface area contributed by atoms with Crippen LogP contribution in [0.15, 0.2) is 35.7 Å². The molecule has 0 bridgehead atoms.